The second-order valence-electron chi connectivity index (χ2n) is 3.19. The molecule has 0 spiro atoms. The fraction of sp³-hybridized carbons (Fsp3) is 0.333. The Kier molecular flexibility index (Phi) is 4.12. The van der Waals surface area contributed by atoms with Gasteiger partial charge in [0, 0.05) is 10.0 Å². The topological polar surface area (TPSA) is 66.5 Å². The molecule has 0 aliphatic rings. The molecule has 1 atom stereocenters. The number of halogens is 4. The second kappa shape index (κ2) is 4.83. The number of hydrogen-bond donors (Lipinski definition) is 3. The van der Waals surface area contributed by atoms with E-state index in [1.165, 1.54) is 12.1 Å². The molecule has 90 valence electrons. The first-order chi connectivity index (χ1) is 7.31. The van der Waals surface area contributed by atoms with Gasteiger partial charge in [-0.15, -0.1) is 0 Å². The maximum atomic E-state index is 13.2. The van der Waals surface area contributed by atoms with E-state index >= 15 is 0 Å². The summed E-state index contributed by atoms with van der Waals surface area (Å²) in [5.41, 5.74) is 5.07. The van der Waals surface area contributed by atoms with E-state index in [0.717, 1.165) is 0 Å². The van der Waals surface area contributed by atoms with Crippen molar-refractivity contribution < 1.29 is 19.0 Å². The van der Waals surface area contributed by atoms with Crippen LogP contribution in [0.15, 0.2) is 16.6 Å². The summed E-state index contributed by atoms with van der Waals surface area (Å²) in [6.45, 7) is -1.41. The van der Waals surface area contributed by atoms with Crippen LogP contribution >= 0.6 is 27.5 Å². The van der Waals surface area contributed by atoms with Gasteiger partial charge < -0.3 is 15.9 Å². The van der Waals surface area contributed by atoms with Gasteiger partial charge in [-0.25, -0.2) is 8.78 Å². The lowest BCUT2D eigenvalue weighted by Crippen LogP contribution is -2.36. The largest absolute Gasteiger partial charge is 0.506 e. The third-order valence-corrected chi connectivity index (χ3v) is 3.09. The number of phenols is 1. The summed E-state index contributed by atoms with van der Waals surface area (Å²) in [6, 6.07) is 0.893. The third kappa shape index (κ3) is 2.45. The lowest BCUT2D eigenvalue weighted by atomic mass is 10.0. The van der Waals surface area contributed by atoms with Crippen molar-refractivity contribution in [2.75, 3.05) is 6.61 Å². The summed E-state index contributed by atoms with van der Waals surface area (Å²) < 4.78 is 26.6. The van der Waals surface area contributed by atoms with E-state index in [1.54, 1.807) is 0 Å². The fourth-order valence-electron chi connectivity index (χ4n) is 1.16. The van der Waals surface area contributed by atoms with Crippen molar-refractivity contribution >= 4 is 27.5 Å². The van der Waals surface area contributed by atoms with E-state index < -0.39 is 24.3 Å². The first-order valence-electron chi connectivity index (χ1n) is 4.22. The number of phenolic OH excluding ortho intramolecular Hbond substituents is 1. The highest BCUT2D eigenvalue weighted by molar-refractivity contribution is 9.10. The van der Waals surface area contributed by atoms with Crippen LogP contribution in [0.3, 0.4) is 0 Å². The maximum Gasteiger partial charge on any atom is 0.289 e. The van der Waals surface area contributed by atoms with Crippen LogP contribution in [0.4, 0.5) is 8.78 Å². The highest BCUT2D eigenvalue weighted by atomic mass is 79.9. The lowest BCUT2D eigenvalue weighted by molar-refractivity contribution is -0.0717. The van der Waals surface area contributed by atoms with Crippen LogP contribution in [0.1, 0.15) is 11.6 Å². The van der Waals surface area contributed by atoms with Crippen molar-refractivity contribution in [3.63, 3.8) is 0 Å². The minimum atomic E-state index is -3.54. The second-order valence-corrected chi connectivity index (χ2v) is 4.45. The Hall–Kier alpha value is -0.430. The van der Waals surface area contributed by atoms with Crippen LogP contribution in [0.2, 0.25) is 5.02 Å². The van der Waals surface area contributed by atoms with Crippen molar-refractivity contribution in [3.05, 3.63) is 27.2 Å². The number of alkyl halides is 2. The van der Waals surface area contributed by atoms with E-state index in [4.69, 9.17) is 22.4 Å². The fourth-order valence-corrected chi connectivity index (χ4v) is 1.89. The summed E-state index contributed by atoms with van der Waals surface area (Å²) in [5, 5.41) is 18.0. The van der Waals surface area contributed by atoms with Gasteiger partial charge in [0.05, 0.1) is 5.02 Å². The normalized spacial score (nSPS) is 13.9. The SMILES string of the molecule is N[C@@H](c1c(Br)ccc(Cl)c1O)C(F)(F)CO. The molecule has 0 bridgehead atoms. The number of aromatic hydroxyl groups is 1. The number of aliphatic hydroxyl groups excluding tert-OH is 1. The minimum absolute atomic E-state index is 0.0811. The summed E-state index contributed by atoms with van der Waals surface area (Å²) >= 11 is 8.58. The molecule has 0 saturated carbocycles. The zero-order chi connectivity index (χ0) is 12.5. The molecule has 0 heterocycles. The first-order valence-corrected chi connectivity index (χ1v) is 5.39. The molecule has 3 nitrogen and oxygen atoms in total. The van der Waals surface area contributed by atoms with Gasteiger partial charge in [-0.2, -0.15) is 0 Å². The van der Waals surface area contributed by atoms with Crippen molar-refractivity contribution in [1.29, 1.82) is 0 Å². The van der Waals surface area contributed by atoms with Gasteiger partial charge in [0.1, 0.15) is 18.4 Å². The summed E-state index contributed by atoms with van der Waals surface area (Å²) in [7, 11) is 0. The molecule has 0 fully saturated rings. The minimum Gasteiger partial charge on any atom is -0.506 e. The molecule has 1 aromatic rings. The van der Waals surface area contributed by atoms with Crippen LogP contribution < -0.4 is 5.73 Å². The molecule has 0 aromatic heterocycles. The summed E-state index contributed by atoms with van der Waals surface area (Å²) in [5.74, 6) is -4.05. The average molecular weight is 317 g/mol. The van der Waals surface area contributed by atoms with Crippen LogP contribution in [0.5, 0.6) is 5.75 Å². The Bertz CT molecular complexity index is 403. The molecule has 0 amide bonds. The lowest BCUT2D eigenvalue weighted by Gasteiger charge is -2.23. The Labute approximate surface area is 104 Å². The van der Waals surface area contributed by atoms with E-state index in [2.05, 4.69) is 15.9 Å². The maximum absolute atomic E-state index is 13.2. The molecular formula is C9H9BrClF2NO2. The van der Waals surface area contributed by atoms with Crippen molar-refractivity contribution in [2.24, 2.45) is 5.73 Å². The van der Waals surface area contributed by atoms with Gasteiger partial charge in [-0.3, -0.25) is 0 Å². The Balaban J connectivity index is 3.28. The third-order valence-electron chi connectivity index (χ3n) is 2.09. The Morgan fingerprint density at radius 3 is 2.56 bits per heavy atom. The van der Waals surface area contributed by atoms with Crippen LogP contribution in [-0.4, -0.2) is 22.7 Å². The molecule has 0 radical (unpaired) electrons. The zero-order valence-corrected chi connectivity index (χ0v) is 10.3. The number of nitrogens with two attached hydrogens (primary N) is 1. The molecule has 1 rings (SSSR count). The summed E-state index contributed by atoms with van der Waals surface area (Å²) in [4.78, 5) is 0. The number of rotatable bonds is 3. The number of hydrogen-bond acceptors (Lipinski definition) is 3. The van der Waals surface area contributed by atoms with Crippen molar-refractivity contribution in [2.45, 2.75) is 12.0 Å². The Morgan fingerprint density at radius 2 is 2.06 bits per heavy atom. The zero-order valence-electron chi connectivity index (χ0n) is 7.92. The monoisotopic (exact) mass is 315 g/mol. The highest BCUT2D eigenvalue weighted by Gasteiger charge is 2.40. The van der Waals surface area contributed by atoms with E-state index in [0.29, 0.717) is 0 Å². The van der Waals surface area contributed by atoms with Gasteiger partial charge in [0.15, 0.2) is 0 Å². The van der Waals surface area contributed by atoms with Crippen molar-refractivity contribution in [3.8, 4) is 5.75 Å². The number of benzene rings is 1. The first kappa shape index (κ1) is 13.6. The van der Waals surface area contributed by atoms with E-state index in [1.807, 2.05) is 0 Å². The molecule has 7 heteroatoms. The van der Waals surface area contributed by atoms with Gasteiger partial charge >= 0.3 is 0 Å². The predicted molar refractivity (Wildman–Crippen MR) is 59.8 cm³/mol. The standard InChI is InChI=1S/C9H9BrClF2NO2/c10-4-1-2-5(11)7(16)6(4)8(14)9(12,13)3-15/h1-2,8,15-16H,3,14H2/t8-/m0/s1. The average Bonchev–Trinajstić information content (AvgIpc) is 2.24. The van der Waals surface area contributed by atoms with E-state index in [9.17, 15) is 13.9 Å². The molecule has 0 unspecified atom stereocenters. The summed E-state index contributed by atoms with van der Waals surface area (Å²) in [6.07, 6.45) is 0. The van der Waals surface area contributed by atoms with Gasteiger partial charge in [-0.1, -0.05) is 27.5 Å². The molecule has 16 heavy (non-hydrogen) atoms. The van der Waals surface area contributed by atoms with Gasteiger partial charge in [0.25, 0.3) is 5.92 Å². The molecule has 0 saturated heterocycles. The molecule has 1 aromatic carbocycles. The molecule has 0 aliphatic carbocycles. The van der Waals surface area contributed by atoms with Crippen LogP contribution in [0.25, 0.3) is 0 Å². The number of aliphatic hydroxyl groups is 1. The molecule has 0 aliphatic heterocycles. The molecule has 4 N–H and O–H groups in total. The van der Waals surface area contributed by atoms with Gasteiger partial charge in [-0.05, 0) is 12.1 Å². The van der Waals surface area contributed by atoms with E-state index in [-0.39, 0.29) is 15.1 Å². The van der Waals surface area contributed by atoms with Crippen LogP contribution in [0, 0.1) is 0 Å². The smallest absolute Gasteiger partial charge is 0.289 e. The van der Waals surface area contributed by atoms with Gasteiger partial charge in [0.2, 0.25) is 0 Å². The van der Waals surface area contributed by atoms with Crippen LogP contribution in [-0.2, 0) is 0 Å². The highest BCUT2D eigenvalue weighted by Crippen LogP contribution is 2.41. The van der Waals surface area contributed by atoms with Crippen molar-refractivity contribution in [1.82, 2.24) is 0 Å². The molecular weight excluding hydrogens is 307 g/mol. The Morgan fingerprint density at radius 1 is 1.50 bits per heavy atom. The predicted octanol–water partition coefficient (Wildman–Crippen LogP) is 2.44. The quantitative estimate of drug-likeness (QED) is 0.802.